The average Bonchev–Trinajstić information content (AvgIpc) is 2.51. The van der Waals surface area contributed by atoms with E-state index in [1.165, 1.54) is 67.6 Å². The van der Waals surface area contributed by atoms with E-state index in [-0.39, 0.29) is 0 Å². The van der Waals surface area contributed by atoms with E-state index in [1.807, 2.05) is 0 Å². The molecule has 23 heavy (non-hydrogen) atoms. The molecule has 0 unspecified atom stereocenters. The van der Waals surface area contributed by atoms with Gasteiger partial charge in [-0.05, 0) is 17.9 Å². The Balaban J connectivity index is 1.49. The van der Waals surface area contributed by atoms with Gasteiger partial charge in [-0.1, -0.05) is 76.2 Å². The third-order valence-electron chi connectivity index (χ3n) is 6.51. The minimum absolute atomic E-state index is 1.11. The highest BCUT2D eigenvalue weighted by Gasteiger charge is 2.38. The van der Waals surface area contributed by atoms with Crippen LogP contribution in [0.3, 0.4) is 0 Å². The molecule has 2 saturated heterocycles. The first-order valence-electron chi connectivity index (χ1n) is 10.5. The van der Waals surface area contributed by atoms with Gasteiger partial charge in [-0.15, -0.1) is 0 Å². The summed E-state index contributed by atoms with van der Waals surface area (Å²) in [6, 6.07) is 0. The predicted molar refractivity (Wildman–Crippen MR) is 109 cm³/mol. The molecule has 0 saturated carbocycles. The van der Waals surface area contributed by atoms with E-state index in [0.29, 0.717) is 0 Å². The molecule has 1 nitrogen and oxygen atoms in total. The van der Waals surface area contributed by atoms with E-state index in [2.05, 4.69) is 32.8 Å². The van der Waals surface area contributed by atoms with Crippen LogP contribution in [0.25, 0.3) is 0 Å². The van der Waals surface area contributed by atoms with Gasteiger partial charge in [0.25, 0.3) is 0 Å². The zero-order chi connectivity index (χ0) is 16.5. The number of nitrogens with zero attached hydrogens (tertiary/aromatic N) is 1. The van der Waals surface area contributed by atoms with Gasteiger partial charge in [0, 0.05) is 6.42 Å². The van der Waals surface area contributed by atoms with Gasteiger partial charge >= 0.3 is 0 Å². The number of hydrogen-bond donors (Lipinski definition) is 0. The highest BCUT2D eigenvalue weighted by Crippen LogP contribution is 2.48. The number of quaternary nitrogens is 1. The first kappa shape index (κ1) is 19.7. The molecule has 134 valence electrons. The van der Waals surface area contributed by atoms with Gasteiger partial charge in [0.1, 0.15) is 6.71 Å². The smallest absolute Gasteiger partial charge is 0.146 e. The molecule has 2 rings (SSSR count). The van der Waals surface area contributed by atoms with Gasteiger partial charge in [-0.2, -0.15) is 11.8 Å². The molecule has 2 heterocycles. The van der Waals surface area contributed by atoms with E-state index >= 15 is 0 Å². The molecule has 2 aliphatic rings. The minimum atomic E-state index is 1.11. The maximum atomic E-state index is 2.40. The third kappa shape index (κ3) is 7.02. The summed E-state index contributed by atoms with van der Waals surface area (Å²) in [4.78, 5) is 0. The van der Waals surface area contributed by atoms with Crippen molar-refractivity contribution >= 4 is 18.5 Å². The summed E-state index contributed by atoms with van der Waals surface area (Å²) in [5, 5.41) is 0. The zero-order valence-electron chi connectivity index (χ0n) is 16.2. The molecule has 3 heteroatoms. The van der Waals surface area contributed by atoms with Crippen LogP contribution in [0, 0.1) is 0 Å². The molecule has 0 N–H and O–H groups in total. The molecule has 0 aliphatic carbocycles. The lowest BCUT2D eigenvalue weighted by Crippen LogP contribution is -2.41. The fraction of sp³-hybridized carbons (Fsp3) is 1.00. The summed E-state index contributed by atoms with van der Waals surface area (Å²) in [7, 11) is 4.81. The van der Waals surface area contributed by atoms with Gasteiger partial charge < -0.3 is 4.48 Å². The summed E-state index contributed by atoms with van der Waals surface area (Å²) in [5.41, 5.74) is 0. The maximum absolute atomic E-state index is 2.40. The Bertz CT molecular complexity index is 299. The Morgan fingerprint density at radius 3 is 2.04 bits per heavy atom. The Kier molecular flexibility index (Phi) is 8.89. The van der Waals surface area contributed by atoms with Crippen molar-refractivity contribution in [2.24, 2.45) is 0 Å². The maximum Gasteiger partial charge on any atom is 0.146 e. The molecular formula is C20H41BNS+. The van der Waals surface area contributed by atoms with Gasteiger partial charge in [-0.3, -0.25) is 0 Å². The van der Waals surface area contributed by atoms with Crippen molar-refractivity contribution in [1.82, 2.24) is 0 Å². The van der Waals surface area contributed by atoms with Crippen LogP contribution in [-0.4, -0.2) is 49.9 Å². The largest absolute Gasteiger partial charge is 0.328 e. The molecule has 2 aliphatic heterocycles. The van der Waals surface area contributed by atoms with E-state index in [0.717, 1.165) is 18.3 Å². The van der Waals surface area contributed by atoms with Crippen LogP contribution >= 0.6 is 11.8 Å². The second-order valence-electron chi connectivity index (χ2n) is 8.89. The summed E-state index contributed by atoms with van der Waals surface area (Å²) in [6.45, 7) is 6.13. The molecule has 0 radical (unpaired) electrons. The summed E-state index contributed by atoms with van der Waals surface area (Å²) in [6.07, 6.45) is 16.4. The predicted octanol–water partition coefficient (Wildman–Crippen LogP) is 5.98. The highest BCUT2D eigenvalue weighted by atomic mass is 32.2. The zero-order valence-corrected chi connectivity index (χ0v) is 17.0. The number of fused-ring (bicyclic) bond motifs is 2. The Labute approximate surface area is 151 Å². The Hall–Kier alpha value is 0.375. The number of rotatable bonds is 11. The standard InChI is InChI=1S/C20H41BNS/c1-4-5-15-22(2,3)16-9-18-23-17-8-14-21-19-10-6-11-20(21)13-7-12-19/h19-20H,4-18H2,1-3H3/q+1. The Morgan fingerprint density at radius 2 is 1.43 bits per heavy atom. The number of thioether (sulfide) groups is 1. The summed E-state index contributed by atoms with van der Waals surface area (Å²) in [5.74, 6) is 5.03. The minimum Gasteiger partial charge on any atom is -0.328 e. The number of hydrogen-bond acceptors (Lipinski definition) is 1. The van der Waals surface area contributed by atoms with Gasteiger partial charge in [0.2, 0.25) is 0 Å². The fourth-order valence-electron chi connectivity index (χ4n) is 5.10. The van der Waals surface area contributed by atoms with Crippen molar-refractivity contribution < 1.29 is 4.48 Å². The molecule has 0 amide bonds. The van der Waals surface area contributed by atoms with Gasteiger partial charge in [-0.25, -0.2) is 0 Å². The van der Waals surface area contributed by atoms with E-state index in [1.54, 1.807) is 32.0 Å². The van der Waals surface area contributed by atoms with Crippen LogP contribution in [0.2, 0.25) is 18.0 Å². The highest BCUT2D eigenvalue weighted by molar-refractivity contribution is 7.99. The number of unbranched alkanes of at least 4 members (excludes halogenated alkanes) is 1. The SMILES string of the molecule is CCCC[N+](C)(C)CCCSCCCB1C2CCCC1CCC2. The van der Waals surface area contributed by atoms with Crippen molar-refractivity contribution in [2.45, 2.75) is 89.1 Å². The lowest BCUT2D eigenvalue weighted by Gasteiger charge is -2.40. The molecular weight excluding hydrogens is 297 g/mol. The average molecular weight is 338 g/mol. The van der Waals surface area contributed by atoms with Crippen LogP contribution in [0.15, 0.2) is 0 Å². The third-order valence-corrected chi connectivity index (χ3v) is 7.66. The summed E-state index contributed by atoms with van der Waals surface area (Å²) < 4.78 is 1.22. The lowest BCUT2D eigenvalue weighted by molar-refractivity contribution is -0.890. The van der Waals surface area contributed by atoms with Crippen molar-refractivity contribution in [2.75, 3.05) is 38.7 Å². The monoisotopic (exact) mass is 338 g/mol. The fourth-order valence-corrected chi connectivity index (χ4v) is 6.01. The topological polar surface area (TPSA) is 0 Å². The van der Waals surface area contributed by atoms with Crippen molar-refractivity contribution in [3.05, 3.63) is 0 Å². The lowest BCUT2D eigenvalue weighted by atomic mass is 9.26. The molecule has 0 aromatic heterocycles. The van der Waals surface area contributed by atoms with E-state index in [4.69, 9.17) is 0 Å². The quantitative estimate of drug-likeness (QED) is 0.254. The molecule has 0 atom stereocenters. The van der Waals surface area contributed by atoms with Crippen LogP contribution in [0.4, 0.5) is 0 Å². The van der Waals surface area contributed by atoms with Crippen LogP contribution in [-0.2, 0) is 0 Å². The molecule has 0 spiro atoms. The molecule has 2 fully saturated rings. The van der Waals surface area contributed by atoms with Crippen molar-refractivity contribution in [1.29, 1.82) is 0 Å². The van der Waals surface area contributed by atoms with Gasteiger partial charge in [0.15, 0.2) is 0 Å². The first-order chi connectivity index (χ1) is 11.1. The molecule has 0 aromatic carbocycles. The molecule has 0 aromatic rings. The van der Waals surface area contributed by atoms with Crippen molar-refractivity contribution in [3.8, 4) is 0 Å². The van der Waals surface area contributed by atoms with Gasteiger partial charge in [0.05, 0.1) is 27.2 Å². The second-order valence-corrected chi connectivity index (χ2v) is 10.1. The molecule has 2 bridgehead atoms. The van der Waals surface area contributed by atoms with Crippen LogP contribution in [0.1, 0.15) is 71.1 Å². The van der Waals surface area contributed by atoms with Crippen molar-refractivity contribution in [3.63, 3.8) is 0 Å². The summed E-state index contributed by atoms with van der Waals surface area (Å²) >= 11 is 2.22. The van der Waals surface area contributed by atoms with Crippen LogP contribution < -0.4 is 0 Å². The van der Waals surface area contributed by atoms with Crippen LogP contribution in [0.5, 0.6) is 0 Å². The Morgan fingerprint density at radius 1 is 0.870 bits per heavy atom. The first-order valence-corrected chi connectivity index (χ1v) is 11.7. The van der Waals surface area contributed by atoms with E-state index in [9.17, 15) is 0 Å². The second kappa shape index (κ2) is 10.4. The normalized spacial score (nSPS) is 24.9. The van der Waals surface area contributed by atoms with E-state index < -0.39 is 0 Å².